The number of aromatic nitrogens is 2. The van der Waals surface area contributed by atoms with Crippen molar-refractivity contribution in [3.63, 3.8) is 0 Å². The van der Waals surface area contributed by atoms with Gasteiger partial charge in [0.1, 0.15) is 0 Å². The van der Waals surface area contributed by atoms with Crippen molar-refractivity contribution >= 4 is 5.95 Å². The summed E-state index contributed by atoms with van der Waals surface area (Å²) in [5, 5.41) is 0. The maximum Gasteiger partial charge on any atom is 0.225 e. The second-order valence-electron chi connectivity index (χ2n) is 4.33. The van der Waals surface area contributed by atoms with Gasteiger partial charge in [-0.05, 0) is 13.3 Å². The Kier molecular flexibility index (Phi) is 3.91. The number of anilines is 1. The Labute approximate surface area is 102 Å². The zero-order valence-corrected chi connectivity index (χ0v) is 10.5. The molecule has 1 unspecified atom stereocenters. The molecule has 1 fully saturated rings. The second-order valence-corrected chi connectivity index (χ2v) is 4.33. The lowest BCUT2D eigenvalue weighted by Crippen LogP contribution is -2.43. The SMILES string of the molecule is CCC1CN(c2ncc(CN)c(C)n2)CCO1. The molecule has 2 rings (SSSR count). The molecule has 5 nitrogen and oxygen atoms in total. The minimum absolute atomic E-state index is 0.293. The quantitative estimate of drug-likeness (QED) is 0.843. The smallest absolute Gasteiger partial charge is 0.225 e. The minimum atomic E-state index is 0.293. The van der Waals surface area contributed by atoms with Gasteiger partial charge in [0.25, 0.3) is 0 Å². The number of hydrogen-bond acceptors (Lipinski definition) is 5. The Morgan fingerprint density at radius 3 is 3.06 bits per heavy atom. The van der Waals surface area contributed by atoms with Gasteiger partial charge in [0.2, 0.25) is 5.95 Å². The number of nitrogens with two attached hydrogens (primary N) is 1. The van der Waals surface area contributed by atoms with Gasteiger partial charge >= 0.3 is 0 Å². The minimum Gasteiger partial charge on any atom is -0.375 e. The van der Waals surface area contributed by atoms with E-state index >= 15 is 0 Å². The van der Waals surface area contributed by atoms with Crippen LogP contribution in [0.3, 0.4) is 0 Å². The van der Waals surface area contributed by atoms with Gasteiger partial charge in [-0.25, -0.2) is 9.97 Å². The molecule has 0 spiro atoms. The van der Waals surface area contributed by atoms with E-state index in [-0.39, 0.29) is 0 Å². The Hall–Kier alpha value is -1.20. The van der Waals surface area contributed by atoms with E-state index in [1.54, 1.807) is 0 Å². The molecule has 0 aromatic carbocycles. The number of hydrogen-bond donors (Lipinski definition) is 1. The maximum absolute atomic E-state index is 5.64. The lowest BCUT2D eigenvalue weighted by atomic mass is 10.2. The highest BCUT2D eigenvalue weighted by molar-refractivity contribution is 5.33. The first-order valence-electron chi connectivity index (χ1n) is 6.13. The van der Waals surface area contributed by atoms with Crippen LogP contribution in [-0.4, -0.2) is 35.8 Å². The highest BCUT2D eigenvalue weighted by Gasteiger charge is 2.21. The predicted molar refractivity (Wildman–Crippen MR) is 66.9 cm³/mol. The summed E-state index contributed by atoms with van der Waals surface area (Å²) in [7, 11) is 0. The van der Waals surface area contributed by atoms with Crippen LogP contribution in [0.5, 0.6) is 0 Å². The van der Waals surface area contributed by atoms with Crippen molar-refractivity contribution < 1.29 is 4.74 Å². The number of ether oxygens (including phenoxy) is 1. The molecule has 0 saturated carbocycles. The number of morpholine rings is 1. The lowest BCUT2D eigenvalue weighted by molar-refractivity contribution is 0.0378. The highest BCUT2D eigenvalue weighted by Crippen LogP contribution is 2.15. The fourth-order valence-electron chi connectivity index (χ4n) is 1.98. The van der Waals surface area contributed by atoms with Crippen LogP contribution in [-0.2, 0) is 11.3 Å². The van der Waals surface area contributed by atoms with Crippen LogP contribution < -0.4 is 10.6 Å². The molecule has 1 atom stereocenters. The van der Waals surface area contributed by atoms with Gasteiger partial charge < -0.3 is 15.4 Å². The molecule has 1 aromatic rings. The normalized spacial score (nSPS) is 20.6. The molecule has 1 aliphatic rings. The third kappa shape index (κ3) is 2.73. The third-order valence-corrected chi connectivity index (χ3v) is 3.17. The molecule has 94 valence electrons. The van der Waals surface area contributed by atoms with Crippen molar-refractivity contribution in [1.29, 1.82) is 0 Å². The molecule has 0 bridgehead atoms. The molecule has 1 saturated heterocycles. The summed E-state index contributed by atoms with van der Waals surface area (Å²) in [5.41, 5.74) is 7.59. The molecule has 2 heterocycles. The van der Waals surface area contributed by atoms with E-state index in [0.29, 0.717) is 12.6 Å². The van der Waals surface area contributed by atoms with Crippen LogP contribution in [0.25, 0.3) is 0 Å². The first-order valence-corrected chi connectivity index (χ1v) is 6.13. The van der Waals surface area contributed by atoms with Crippen LogP contribution in [0.15, 0.2) is 6.20 Å². The van der Waals surface area contributed by atoms with Crippen LogP contribution in [0.4, 0.5) is 5.95 Å². The topological polar surface area (TPSA) is 64.3 Å². The van der Waals surface area contributed by atoms with Crippen LogP contribution >= 0.6 is 0 Å². The van der Waals surface area contributed by atoms with E-state index in [0.717, 1.165) is 43.3 Å². The van der Waals surface area contributed by atoms with Gasteiger partial charge in [-0.2, -0.15) is 0 Å². The van der Waals surface area contributed by atoms with Gasteiger partial charge in [0.15, 0.2) is 0 Å². The summed E-state index contributed by atoms with van der Waals surface area (Å²) in [6, 6.07) is 0. The fourth-order valence-corrected chi connectivity index (χ4v) is 1.98. The highest BCUT2D eigenvalue weighted by atomic mass is 16.5. The van der Waals surface area contributed by atoms with Gasteiger partial charge in [-0.15, -0.1) is 0 Å². The molecule has 2 N–H and O–H groups in total. The molecular formula is C12H20N4O. The maximum atomic E-state index is 5.64. The van der Waals surface area contributed by atoms with Crippen molar-refractivity contribution in [3.8, 4) is 0 Å². The first-order chi connectivity index (χ1) is 8.24. The molecule has 0 amide bonds. The molecular weight excluding hydrogens is 216 g/mol. The standard InChI is InChI=1S/C12H20N4O/c1-3-11-8-16(4-5-17-11)12-14-7-10(6-13)9(2)15-12/h7,11H,3-6,8,13H2,1-2H3. The first kappa shape index (κ1) is 12.3. The third-order valence-electron chi connectivity index (χ3n) is 3.17. The van der Waals surface area contributed by atoms with Gasteiger partial charge in [0, 0.05) is 37.1 Å². The van der Waals surface area contributed by atoms with Crippen LogP contribution in [0, 0.1) is 6.92 Å². The van der Waals surface area contributed by atoms with E-state index in [1.165, 1.54) is 0 Å². The summed E-state index contributed by atoms with van der Waals surface area (Å²) < 4.78 is 5.64. The molecule has 1 aliphatic heterocycles. The zero-order chi connectivity index (χ0) is 12.3. The Morgan fingerprint density at radius 1 is 1.59 bits per heavy atom. The summed E-state index contributed by atoms with van der Waals surface area (Å²) >= 11 is 0. The van der Waals surface area contributed by atoms with Crippen molar-refractivity contribution in [1.82, 2.24) is 9.97 Å². The average Bonchev–Trinajstić information content (AvgIpc) is 2.38. The molecule has 0 radical (unpaired) electrons. The Balaban J connectivity index is 2.13. The van der Waals surface area contributed by atoms with E-state index in [9.17, 15) is 0 Å². The Morgan fingerprint density at radius 2 is 2.41 bits per heavy atom. The summed E-state index contributed by atoms with van der Waals surface area (Å²) in [4.78, 5) is 11.1. The van der Waals surface area contributed by atoms with Crippen LogP contribution in [0.2, 0.25) is 0 Å². The largest absolute Gasteiger partial charge is 0.375 e. The lowest BCUT2D eigenvalue weighted by Gasteiger charge is -2.32. The number of nitrogens with zero attached hydrogens (tertiary/aromatic N) is 3. The number of rotatable bonds is 3. The van der Waals surface area contributed by atoms with Crippen molar-refractivity contribution in [2.75, 3.05) is 24.6 Å². The van der Waals surface area contributed by atoms with Gasteiger partial charge in [0.05, 0.1) is 12.7 Å². The van der Waals surface area contributed by atoms with Crippen LogP contribution in [0.1, 0.15) is 24.6 Å². The zero-order valence-electron chi connectivity index (χ0n) is 10.5. The summed E-state index contributed by atoms with van der Waals surface area (Å²) in [5.74, 6) is 0.793. The van der Waals surface area contributed by atoms with E-state index in [1.807, 2.05) is 13.1 Å². The van der Waals surface area contributed by atoms with Gasteiger partial charge in [-0.1, -0.05) is 6.92 Å². The number of aryl methyl sites for hydroxylation is 1. The fraction of sp³-hybridized carbons (Fsp3) is 0.667. The van der Waals surface area contributed by atoms with Crippen molar-refractivity contribution in [2.24, 2.45) is 5.73 Å². The Bertz CT molecular complexity index is 383. The molecule has 1 aromatic heterocycles. The molecule has 17 heavy (non-hydrogen) atoms. The second kappa shape index (κ2) is 5.42. The van der Waals surface area contributed by atoms with Crippen molar-refractivity contribution in [3.05, 3.63) is 17.5 Å². The summed E-state index contributed by atoms with van der Waals surface area (Å²) in [6.07, 6.45) is 3.15. The van der Waals surface area contributed by atoms with Crippen molar-refractivity contribution in [2.45, 2.75) is 32.9 Å². The van der Waals surface area contributed by atoms with E-state index in [2.05, 4.69) is 21.8 Å². The van der Waals surface area contributed by atoms with Gasteiger partial charge in [-0.3, -0.25) is 0 Å². The van der Waals surface area contributed by atoms with E-state index in [4.69, 9.17) is 10.5 Å². The molecule has 0 aliphatic carbocycles. The molecule has 5 heteroatoms. The monoisotopic (exact) mass is 236 g/mol. The predicted octanol–water partition coefficient (Wildman–Crippen LogP) is 0.859. The van der Waals surface area contributed by atoms with E-state index < -0.39 is 0 Å². The average molecular weight is 236 g/mol. The summed E-state index contributed by atoms with van der Waals surface area (Å²) in [6.45, 7) is 7.09.